The predicted molar refractivity (Wildman–Crippen MR) is 80.1 cm³/mol. The number of aliphatic hydroxyl groups is 1. The lowest BCUT2D eigenvalue weighted by Gasteiger charge is -2.18. The minimum Gasteiger partial charge on any atom is -0.396 e. The fourth-order valence-electron chi connectivity index (χ4n) is 1.79. The fourth-order valence-corrected chi connectivity index (χ4v) is 3.54. The van der Waals surface area contributed by atoms with E-state index in [2.05, 4.69) is 0 Å². The zero-order valence-corrected chi connectivity index (χ0v) is 13.1. The second kappa shape index (κ2) is 7.95. The Morgan fingerprint density at radius 2 is 2.00 bits per heavy atom. The maximum absolute atomic E-state index is 12.4. The standard InChI is InChI=1S/C13H21ClN2O3S/c1-16(7-3-2-4-8-17)20(18,19)13-6-5-11(10-15)9-12(13)14/h5-6,9,17H,2-4,7-8,10,15H2,1H3. The van der Waals surface area contributed by atoms with E-state index in [1.54, 1.807) is 12.1 Å². The minimum atomic E-state index is -3.58. The number of unbranched alkanes of at least 4 members (excludes halogenated alkanes) is 2. The van der Waals surface area contributed by atoms with Crippen molar-refractivity contribution in [3.63, 3.8) is 0 Å². The van der Waals surface area contributed by atoms with Crippen LogP contribution in [0.25, 0.3) is 0 Å². The molecular weight excluding hydrogens is 300 g/mol. The molecule has 0 spiro atoms. The van der Waals surface area contributed by atoms with Crippen LogP contribution in [0.3, 0.4) is 0 Å². The molecule has 0 aliphatic carbocycles. The first kappa shape index (κ1) is 17.4. The van der Waals surface area contributed by atoms with Gasteiger partial charge in [-0.2, -0.15) is 0 Å². The second-order valence-electron chi connectivity index (χ2n) is 4.58. The Labute approximate surface area is 125 Å². The van der Waals surface area contributed by atoms with Crippen molar-refractivity contribution in [1.82, 2.24) is 4.31 Å². The summed E-state index contributed by atoms with van der Waals surface area (Å²) in [5, 5.41) is 8.89. The maximum Gasteiger partial charge on any atom is 0.244 e. The normalized spacial score (nSPS) is 12.1. The van der Waals surface area contributed by atoms with E-state index in [1.165, 1.54) is 17.4 Å². The average Bonchev–Trinajstić information content (AvgIpc) is 2.42. The van der Waals surface area contributed by atoms with Gasteiger partial charge in [0, 0.05) is 26.7 Å². The summed E-state index contributed by atoms with van der Waals surface area (Å²) in [5.74, 6) is 0. The Morgan fingerprint density at radius 3 is 2.55 bits per heavy atom. The Kier molecular flexibility index (Phi) is 6.91. The lowest BCUT2D eigenvalue weighted by molar-refractivity contribution is 0.281. The highest BCUT2D eigenvalue weighted by Gasteiger charge is 2.23. The van der Waals surface area contributed by atoms with Gasteiger partial charge in [0.25, 0.3) is 0 Å². The zero-order chi connectivity index (χ0) is 15.2. The van der Waals surface area contributed by atoms with Crippen LogP contribution < -0.4 is 5.73 Å². The molecule has 0 unspecified atom stereocenters. The monoisotopic (exact) mass is 320 g/mol. The molecule has 1 aromatic carbocycles. The maximum atomic E-state index is 12.4. The van der Waals surface area contributed by atoms with E-state index in [-0.39, 0.29) is 16.5 Å². The molecule has 1 rings (SSSR count). The molecule has 0 aromatic heterocycles. The summed E-state index contributed by atoms with van der Waals surface area (Å²) in [6.07, 6.45) is 2.17. The Balaban J connectivity index is 2.82. The number of aliphatic hydroxyl groups excluding tert-OH is 1. The van der Waals surface area contributed by atoms with Crippen molar-refractivity contribution in [2.45, 2.75) is 30.7 Å². The van der Waals surface area contributed by atoms with Crippen LogP contribution in [0.15, 0.2) is 23.1 Å². The number of hydrogen-bond donors (Lipinski definition) is 2. The molecule has 0 radical (unpaired) electrons. The molecule has 0 fully saturated rings. The van der Waals surface area contributed by atoms with Crippen LogP contribution >= 0.6 is 11.6 Å². The molecule has 0 aliphatic heterocycles. The van der Waals surface area contributed by atoms with Gasteiger partial charge in [-0.15, -0.1) is 0 Å². The van der Waals surface area contributed by atoms with Crippen molar-refractivity contribution >= 4 is 21.6 Å². The van der Waals surface area contributed by atoms with E-state index in [0.29, 0.717) is 25.9 Å². The summed E-state index contributed by atoms with van der Waals surface area (Å²) in [5.41, 5.74) is 6.28. The third-order valence-corrected chi connectivity index (χ3v) is 5.39. The Bertz CT molecular complexity index is 534. The van der Waals surface area contributed by atoms with Gasteiger partial charge in [0.2, 0.25) is 10.0 Å². The summed E-state index contributed by atoms with van der Waals surface area (Å²) in [6, 6.07) is 4.73. The van der Waals surface area contributed by atoms with Crippen molar-refractivity contribution in [3.05, 3.63) is 28.8 Å². The lowest BCUT2D eigenvalue weighted by Crippen LogP contribution is -2.28. The third-order valence-electron chi connectivity index (χ3n) is 3.05. The predicted octanol–water partition coefficient (Wildman–Crippen LogP) is 1.58. The fraction of sp³-hybridized carbons (Fsp3) is 0.538. The summed E-state index contributed by atoms with van der Waals surface area (Å²) >= 11 is 6.03. The minimum absolute atomic E-state index is 0.0982. The van der Waals surface area contributed by atoms with E-state index in [9.17, 15) is 8.42 Å². The van der Waals surface area contributed by atoms with Gasteiger partial charge in [-0.1, -0.05) is 17.7 Å². The molecule has 0 saturated heterocycles. The zero-order valence-electron chi connectivity index (χ0n) is 11.5. The van der Waals surface area contributed by atoms with Crippen molar-refractivity contribution in [1.29, 1.82) is 0 Å². The van der Waals surface area contributed by atoms with Gasteiger partial charge in [-0.25, -0.2) is 12.7 Å². The first-order valence-corrected chi connectivity index (χ1v) is 8.31. The summed E-state index contributed by atoms with van der Waals surface area (Å²) in [4.78, 5) is 0.0982. The lowest BCUT2D eigenvalue weighted by atomic mass is 10.2. The smallest absolute Gasteiger partial charge is 0.244 e. The first-order valence-electron chi connectivity index (χ1n) is 6.49. The number of rotatable bonds is 8. The molecule has 0 atom stereocenters. The number of nitrogens with two attached hydrogens (primary N) is 1. The van der Waals surface area contributed by atoms with Crippen molar-refractivity contribution in [2.75, 3.05) is 20.2 Å². The molecule has 0 saturated carbocycles. The van der Waals surface area contributed by atoms with Crippen LogP contribution in [-0.2, 0) is 16.6 Å². The number of halogens is 1. The molecule has 0 bridgehead atoms. The Morgan fingerprint density at radius 1 is 1.30 bits per heavy atom. The van der Waals surface area contributed by atoms with Crippen molar-refractivity contribution in [2.24, 2.45) is 5.73 Å². The number of hydrogen-bond acceptors (Lipinski definition) is 4. The molecule has 5 nitrogen and oxygen atoms in total. The van der Waals surface area contributed by atoms with Crippen LogP contribution in [-0.4, -0.2) is 38.0 Å². The molecule has 114 valence electrons. The van der Waals surface area contributed by atoms with Gasteiger partial charge in [-0.3, -0.25) is 0 Å². The highest BCUT2D eigenvalue weighted by molar-refractivity contribution is 7.89. The molecule has 0 heterocycles. The van der Waals surface area contributed by atoms with Crippen LogP contribution in [0.1, 0.15) is 24.8 Å². The molecular formula is C13H21ClN2O3S. The quantitative estimate of drug-likeness (QED) is 0.712. The summed E-state index contributed by atoms with van der Waals surface area (Å²) in [7, 11) is -2.05. The van der Waals surface area contributed by atoms with Crippen LogP contribution in [0.2, 0.25) is 5.02 Å². The topological polar surface area (TPSA) is 83.6 Å². The van der Waals surface area contributed by atoms with Crippen LogP contribution in [0.4, 0.5) is 0 Å². The molecule has 0 amide bonds. The van der Waals surface area contributed by atoms with Gasteiger partial charge in [0.15, 0.2) is 0 Å². The van der Waals surface area contributed by atoms with Crippen molar-refractivity contribution in [3.8, 4) is 0 Å². The number of nitrogens with zero attached hydrogens (tertiary/aromatic N) is 1. The van der Waals surface area contributed by atoms with Gasteiger partial charge >= 0.3 is 0 Å². The molecule has 1 aromatic rings. The molecule has 7 heteroatoms. The van der Waals surface area contributed by atoms with Gasteiger partial charge in [-0.05, 0) is 37.0 Å². The first-order chi connectivity index (χ1) is 9.43. The van der Waals surface area contributed by atoms with Crippen LogP contribution in [0.5, 0.6) is 0 Å². The van der Waals surface area contributed by atoms with E-state index < -0.39 is 10.0 Å². The summed E-state index contributed by atoms with van der Waals surface area (Å²) in [6.45, 7) is 0.844. The van der Waals surface area contributed by atoms with Gasteiger partial charge in [0.1, 0.15) is 4.90 Å². The second-order valence-corrected chi connectivity index (χ2v) is 7.00. The van der Waals surface area contributed by atoms with E-state index >= 15 is 0 Å². The number of sulfonamides is 1. The highest BCUT2D eigenvalue weighted by Crippen LogP contribution is 2.25. The van der Waals surface area contributed by atoms with Crippen molar-refractivity contribution < 1.29 is 13.5 Å². The molecule has 0 aliphatic rings. The molecule has 20 heavy (non-hydrogen) atoms. The van der Waals surface area contributed by atoms with E-state index in [0.717, 1.165) is 12.0 Å². The third kappa shape index (κ3) is 4.43. The van der Waals surface area contributed by atoms with Gasteiger partial charge < -0.3 is 10.8 Å². The van der Waals surface area contributed by atoms with E-state index in [4.69, 9.17) is 22.4 Å². The Hall–Kier alpha value is -0.660. The number of benzene rings is 1. The SMILES string of the molecule is CN(CCCCCO)S(=O)(=O)c1ccc(CN)cc1Cl. The van der Waals surface area contributed by atoms with Crippen LogP contribution in [0, 0.1) is 0 Å². The van der Waals surface area contributed by atoms with E-state index in [1.807, 2.05) is 0 Å². The summed E-state index contributed by atoms with van der Waals surface area (Å²) < 4.78 is 26.0. The van der Waals surface area contributed by atoms with Gasteiger partial charge in [0.05, 0.1) is 5.02 Å². The average molecular weight is 321 g/mol. The largest absolute Gasteiger partial charge is 0.396 e. The highest BCUT2D eigenvalue weighted by atomic mass is 35.5. The molecule has 3 N–H and O–H groups in total.